The number of amides is 1. The molecule has 11 heteroatoms. The molecular formula is C24H23N7O3S. The maximum Gasteiger partial charge on any atom is 0.238 e. The van der Waals surface area contributed by atoms with Gasteiger partial charge in [0.25, 0.3) is 0 Å². The molecule has 0 spiro atoms. The van der Waals surface area contributed by atoms with Crippen LogP contribution in [-0.2, 0) is 21.4 Å². The van der Waals surface area contributed by atoms with E-state index in [1.807, 2.05) is 24.4 Å². The standard InChI is InChI=1S/C24H23N7O3S/c25-35(33,34)20-6-4-19(5-7-20)29-24-28-13-17-2-1-3-21(23(17)30-24)18-10-16(11-26-12-18)14-31-9-8-27-22(32)15-31/h1-7,10-13H,8-9,14-15H2,(H,27,32)(H2,25,33,34)(H,28,29,30). The highest BCUT2D eigenvalue weighted by atomic mass is 32.2. The number of hydrogen-bond donors (Lipinski definition) is 3. The molecule has 1 saturated heterocycles. The summed E-state index contributed by atoms with van der Waals surface area (Å²) in [6.07, 6.45) is 5.34. The SMILES string of the molecule is NS(=O)(=O)c1ccc(Nc2ncc3cccc(-c4cncc(CN5CCNC(=O)C5)c4)c3n2)cc1. The summed E-state index contributed by atoms with van der Waals surface area (Å²) in [6.45, 7) is 2.45. The van der Waals surface area contributed by atoms with Crippen LogP contribution in [0.25, 0.3) is 22.0 Å². The fraction of sp³-hybridized carbons (Fsp3) is 0.167. The largest absolute Gasteiger partial charge is 0.354 e. The lowest BCUT2D eigenvalue weighted by molar-refractivity contribution is -0.124. The van der Waals surface area contributed by atoms with Gasteiger partial charge >= 0.3 is 0 Å². The first kappa shape index (κ1) is 22.8. The molecule has 1 fully saturated rings. The van der Waals surface area contributed by atoms with Gasteiger partial charge in [-0.15, -0.1) is 0 Å². The summed E-state index contributed by atoms with van der Waals surface area (Å²) < 4.78 is 23.0. The number of anilines is 2. The number of hydrogen-bond acceptors (Lipinski definition) is 8. The van der Waals surface area contributed by atoms with Crippen molar-refractivity contribution in [3.63, 3.8) is 0 Å². The van der Waals surface area contributed by atoms with E-state index < -0.39 is 10.0 Å². The lowest BCUT2D eigenvalue weighted by atomic mass is 10.0. The van der Waals surface area contributed by atoms with Gasteiger partial charge in [0.2, 0.25) is 21.9 Å². The van der Waals surface area contributed by atoms with E-state index in [4.69, 9.17) is 10.1 Å². The Morgan fingerprint density at radius 3 is 2.69 bits per heavy atom. The number of aromatic nitrogens is 3. The molecule has 0 radical (unpaired) electrons. The molecule has 1 aliphatic heterocycles. The van der Waals surface area contributed by atoms with Crippen molar-refractivity contribution < 1.29 is 13.2 Å². The number of para-hydroxylation sites is 1. The van der Waals surface area contributed by atoms with Crippen LogP contribution in [0.1, 0.15) is 5.56 Å². The Balaban J connectivity index is 1.43. The smallest absolute Gasteiger partial charge is 0.238 e. The summed E-state index contributed by atoms with van der Waals surface area (Å²) in [6, 6.07) is 14.0. The number of nitrogens with one attached hydrogen (secondary N) is 2. The number of piperazine rings is 1. The molecule has 4 aromatic rings. The van der Waals surface area contributed by atoms with Gasteiger partial charge < -0.3 is 10.6 Å². The maximum absolute atomic E-state index is 11.7. The number of nitrogens with two attached hydrogens (primary N) is 1. The molecule has 3 heterocycles. The van der Waals surface area contributed by atoms with Gasteiger partial charge in [-0.3, -0.25) is 14.7 Å². The molecule has 1 aliphatic rings. The number of primary sulfonamides is 1. The van der Waals surface area contributed by atoms with Crippen molar-refractivity contribution in [3.8, 4) is 11.1 Å². The topological polar surface area (TPSA) is 143 Å². The van der Waals surface area contributed by atoms with E-state index >= 15 is 0 Å². The molecule has 2 aromatic heterocycles. The van der Waals surface area contributed by atoms with E-state index in [1.54, 1.807) is 24.5 Å². The molecule has 1 amide bonds. The van der Waals surface area contributed by atoms with Crippen molar-refractivity contribution in [1.82, 2.24) is 25.2 Å². The van der Waals surface area contributed by atoms with Crippen LogP contribution in [0.15, 0.2) is 72.0 Å². The molecular weight excluding hydrogens is 466 g/mol. The summed E-state index contributed by atoms with van der Waals surface area (Å²) in [4.78, 5) is 27.3. The zero-order valence-electron chi connectivity index (χ0n) is 18.7. The van der Waals surface area contributed by atoms with Gasteiger partial charge in [0, 0.05) is 60.4 Å². The highest BCUT2D eigenvalue weighted by molar-refractivity contribution is 7.89. The second-order valence-electron chi connectivity index (χ2n) is 8.27. The Hall–Kier alpha value is -3.93. The highest BCUT2D eigenvalue weighted by Crippen LogP contribution is 2.28. The number of fused-ring (bicyclic) bond motifs is 1. The first-order valence-electron chi connectivity index (χ1n) is 10.9. The number of benzene rings is 2. The third-order valence-electron chi connectivity index (χ3n) is 5.68. The Kier molecular flexibility index (Phi) is 6.12. The molecule has 0 unspecified atom stereocenters. The molecule has 5 rings (SSSR count). The predicted molar refractivity (Wildman–Crippen MR) is 132 cm³/mol. The van der Waals surface area contributed by atoms with Crippen LogP contribution in [0.3, 0.4) is 0 Å². The van der Waals surface area contributed by atoms with Crippen molar-refractivity contribution >= 4 is 38.5 Å². The predicted octanol–water partition coefficient (Wildman–Crippen LogP) is 2.01. The third-order valence-corrected chi connectivity index (χ3v) is 6.61. The van der Waals surface area contributed by atoms with Crippen LogP contribution in [-0.4, -0.2) is 53.8 Å². The van der Waals surface area contributed by atoms with Crippen LogP contribution in [0, 0.1) is 0 Å². The van der Waals surface area contributed by atoms with Gasteiger partial charge in [-0.05, 0) is 35.9 Å². The lowest BCUT2D eigenvalue weighted by Crippen LogP contribution is -2.47. The van der Waals surface area contributed by atoms with Gasteiger partial charge in [-0.2, -0.15) is 0 Å². The van der Waals surface area contributed by atoms with E-state index in [9.17, 15) is 13.2 Å². The first-order chi connectivity index (χ1) is 16.8. The number of sulfonamides is 1. The molecule has 0 saturated carbocycles. The fourth-order valence-corrected chi connectivity index (χ4v) is 4.53. The summed E-state index contributed by atoms with van der Waals surface area (Å²) in [7, 11) is -3.76. The summed E-state index contributed by atoms with van der Waals surface area (Å²) in [5.74, 6) is 0.405. The number of carbonyl (C=O) groups excluding carboxylic acids is 1. The zero-order chi connectivity index (χ0) is 24.4. The average Bonchev–Trinajstić information content (AvgIpc) is 2.84. The molecule has 35 heavy (non-hydrogen) atoms. The Morgan fingerprint density at radius 1 is 1.09 bits per heavy atom. The lowest BCUT2D eigenvalue weighted by Gasteiger charge is -2.26. The van der Waals surface area contributed by atoms with E-state index in [1.165, 1.54) is 12.1 Å². The van der Waals surface area contributed by atoms with Crippen molar-refractivity contribution in [2.75, 3.05) is 25.0 Å². The van der Waals surface area contributed by atoms with Crippen molar-refractivity contribution in [2.24, 2.45) is 5.14 Å². The van der Waals surface area contributed by atoms with Gasteiger partial charge in [0.15, 0.2) is 0 Å². The van der Waals surface area contributed by atoms with Gasteiger partial charge in [-0.25, -0.2) is 23.5 Å². The van der Waals surface area contributed by atoms with E-state index in [0.717, 1.165) is 34.1 Å². The third kappa shape index (κ3) is 5.27. The van der Waals surface area contributed by atoms with Crippen LogP contribution in [0.4, 0.5) is 11.6 Å². The van der Waals surface area contributed by atoms with Gasteiger partial charge in [0.05, 0.1) is 17.0 Å². The van der Waals surface area contributed by atoms with E-state index in [-0.39, 0.29) is 10.8 Å². The van der Waals surface area contributed by atoms with E-state index in [2.05, 4.69) is 31.6 Å². The average molecular weight is 490 g/mol. The van der Waals surface area contributed by atoms with Crippen LogP contribution in [0.2, 0.25) is 0 Å². The fourth-order valence-electron chi connectivity index (χ4n) is 4.01. The second-order valence-corrected chi connectivity index (χ2v) is 9.84. The van der Waals surface area contributed by atoms with Crippen LogP contribution in [0.5, 0.6) is 0 Å². The normalized spacial score (nSPS) is 14.6. The molecule has 0 bridgehead atoms. The molecule has 0 aliphatic carbocycles. The Bertz CT molecular complexity index is 1510. The quantitative estimate of drug-likeness (QED) is 0.373. The second kappa shape index (κ2) is 9.37. The molecule has 10 nitrogen and oxygen atoms in total. The summed E-state index contributed by atoms with van der Waals surface area (Å²) in [5, 5.41) is 12.0. The Labute approximate surface area is 202 Å². The monoisotopic (exact) mass is 489 g/mol. The highest BCUT2D eigenvalue weighted by Gasteiger charge is 2.17. The van der Waals surface area contributed by atoms with E-state index in [0.29, 0.717) is 31.3 Å². The van der Waals surface area contributed by atoms with Gasteiger partial charge in [-0.1, -0.05) is 18.2 Å². The minimum Gasteiger partial charge on any atom is -0.354 e. The molecule has 2 aromatic carbocycles. The summed E-state index contributed by atoms with van der Waals surface area (Å²) in [5.41, 5.74) is 4.21. The number of nitrogens with zero attached hydrogens (tertiary/aromatic N) is 4. The number of rotatable bonds is 6. The van der Waals surface area contributed by atoms with Crippen molar-refractivity contribution in [3.05, 3.63) is 72.7 Å². The number of pyridine rings is 1. The number of carbonyl (C=O) groups is 1. The van der Waals surface area contributed by atoms with Crippen molar-refractivity contribution in [2.45, 2.75) is 11.4 Å². The molecule has 178 valence electrons. The van der Waals surface area contributed by atoms with Crippen LogP contribution >= 0.6 is 0 Å². The van der Waals surface area contributed by atoms with Crippen molar-refractivity contribution in [1.29, 1.82) is 0 Å². The maximum atomic E-state index is 11.7. The molecule has 0 atom stereocenters. The van der Waals surface area contributed by atoms with Gasteiger partial charge in [0.1, 0.15) is 0 Å². The minimum atomic E-state index is -3.76. The first-order valence-corrected chi connectivity index (χ1v) is 12.5. The minimum absolute atomic E-state index is 0.0299. The van der Waals surface area contributed by atoms with Crippen LogP contribution < -0.4 is 15.8 Å². The Morgan fingerprint density at radius 2 is 1.91 bits per heavy atom. The molecule has 4 N–H and O–H groups in total. The summed E-state index contributed by atoms with van der Waals surface area (Å²) >= 11 is 0. The zero-order valence-corrected chi connectivity index (χ0v) is 19.5.